The van der Waals surface area contributed by atoms with Crippen LogP contribution in [0.2, 0.25) is 0 Å². The van der Waals surface area contributed by atoms with E-state index in [1.807, 2.05) is 11.8 Å². The van der Waals surface area contributed by atoms with Crippen molar-refractivity contribution >= 4 is 17.7 Å². The largest absolute Gasteiger partial charge is 0.478 e. The molecule has 1 aliphatic heterocycles. The SMILES string of the molecule is CC1SCCN(Cc2ncncc2C(=O)O)C1C. The Kier molecular flexibility index (Phi) is 4.19. The van der Waals surface area contributed by atoms with Crippen LogP contribution in [-0.2, 0) is 6.54 Å². The lowest BCUT2D eigenvalue weighted by atomic mass is 10.1. The number of carboxylic acid groups (broad SMARTS) is 1. The van der Waals surface area contributed by atoms with Crippen molar-refractivity contribution in [2.45, 2.75) is 31.7 Å². The topological polar surface area (TPSA) is 66.3 Å². The molecule has 5 nitrogen and oxygen atoms in total. The molecule has 0 radical (unpaired) electrons. The molecule has 0 bridgehead atoms. The Morgan fingerprint density at radius 2 is 2.39 bits per heavy atom. The molecule has 0 aromatic carbocycles. The van der Waals surface area contributed by atoms with Crippen molar-refractivity contribution in [1.82, 2.24) is 14.9 Å². The van der Waals surface area contributed by atoms with E-state index in [1.165, 1.54) is 12.5 Å². The molecule has 0 aliphatic carbocycles. The number of hydrogen-bond acceptors (Lipinski definition) is 5. The van der Waals surface area contributed by atoms with Gasteiger partial charge in [0.25, 0.3) is 0 Å². The van der Waals surface area contributed by atoms with E-state index in [9.17, 15) is 4.79 Å². The normalized spacial score (nSPS) is 25.0. The highest BCUT2D eigenvalue weighted by Crippen LogP contribution is 2.25. The van der Waals surface area contributed by atoms with Crippen LogP contribution in [0.3, 0.4) is 0 Å². The Morgan fingerprint density at radius 1 is 1.61 bits per heavy atom. The minimum Gasteiger partial charge on any atom is -0.478 e. The van der Waals surface area contributed by atoms with E-state index < -0.39 is 5.97 Å². The number of hydrogen-bond donors (Lipinski definition) is 1. The van der Waals surface area contributed by atoms with Crippen LogP contribution in [-0.4, -0.2) is 49.5 Å². The van der Waals surface area contributed by atoms with Gasteiger partial charge in [-0.2, -0.15) is 11.8 Å². The van der Waals surface area contributed by atoms with Crippen LogP contribution in [0.4, 0.5) is 0 Å². The van der Waals surface area contributed by atoms with Gasteiger partial charge in [-0.1, -0.05) is 6.92 Å². The quantitative estimate of drug-likeness (QED) is 0.895. The lowest BCUT2D eigenvalue weighted by Gasteiger charge is -2.37. The van der Waals surface area contributed by atoms with Crippen molar-refractivity contribution in [3.63, 3.8) is 0 Å². The summed E-state index contributed by atoms with van der Waals surface area (Å²) in [6.45, 7) is 5.94. The van der Waals surface area contributed by atoms with Crippen molar-refractivity contribution in [2.24, 2.45) is 0 Å². The highest BCUT2D eigenvalue weighted by Gasteiger charge is 2.26. The molecule has 0 amide bonds. The summed E-state index contributed by atoms with van der Waals surface area (Å²) in [6.07, 6.45) is 2.78. The smallest absolute Gasteiger partial charge is 0.339 e. The summed E-state index contributed by atoms with van der Waals surface area (Å²) in [4.78, 5) is 21.3. The summed E-state index contributed by atoms with van der Waals surface area (Å²) in [5.74, 6) is 0.122. The average molecular weight is 267 g/mol. The number of aromatic nitrogens is 2. The third kappa shape index (κ3) is 2.81. The number of aromatic carboxylic acids is 1. The Balaban J connectivity index is 2.16. The lowest BCUT2D eigenvalue weighted by Crippen LogP contribution is -2.44. The van der Waals surface area contributed by atoms with Gasteiger partial charge in [0, 0.05) is 36.3 Å². The van der Waals surface area contributed by atoms with Gasteiger partial charge < -0.3 is 5.11 Å². The van der Waals surface area contributed by atoms with Gasteiger partial charge in [-0.3, -0.25) is 4.90 Å². The predicted molar refractivity (Wildman–Crippen MR) is 70.8 cm³/mol. The van der Waals surface area contributed by atoms with Crippen LogP contribution >= 0.6 is 11.8 Å². The molecule has 18 heavy (non-hydrogen) atoms. The molecule has 98 valence electrons. The monoisotopic (exact) mass is 267 g/mol. The Hall–Kier alpha value is -1.14. The molecule has 1 N–H and O–H groups in total. The Labute approximate surface area is 111 Å². The first-order valence-corrected chi connectivity index (χ1v) is 7.02. The maximum atomic E-state index is 11.1. The molecular formula is C12H17N3O2S. The summed E-state index contributed by atoms with van der Waals surface area (Å²) < 4.78 is 0. The molecule has 2 heterocycles. The van der Waals surface area contributed by atoms with E-state index in [-0.39, 0.29) is 5.56 Å². The molecule has 1 aliphatic rings. The maximum Gasteiger partial charge on any atom is 0.339 e. The highest BCUT2D eigenvalue weighted by molar-refractivity contribution is 8.00. The van der Waals surface area contributed by atoms with Crippen molar-refractivity contribution < 1.29 is 9.90 Å². The van der Waals surface area contributed by atoms with Crippen LogP contribution in [0.1, 0.15) is 29.9 Å². The fourth-order valence-electron chi connectivity index (χ4n) is 2.07. The van der Waals surface area contributed by atoms with Gasteiger partial charge >= 0.3 is 5.97 Å². The molecule has 1 saturated heterocycles. The minimum absolute atomic E-state index is 0.204. The zero-order chi connectivity index (χ0) is 13.1. The van der Waals surface area contributed by atoms with Crippen LogP contribution in [0.15, 0.2) is 12.5 Å². The third-order valence-corrected chi connectivity index (χ3v) is 4.73. The molecule has 2 atom stereocenters. The predicted octanol–water partition coefficient (Wildman–Crippen LogP) is 1.50. The average Bonchev–Trinajstić information content (AvgIpc) is 2.35. The second-order valence-corrected chi connectivity index (χ2v) is 5.96. The summed E-state index contributed by atoms with van der Waals surface area (Å²) in [5, 5.41) is 9.67. The van der Waals surface area contributed by atoms with E-state index in [0.29, 0.717) is 23.5 Å². The van der Waals surface area contributed by atoms with Gasteiger partial charge in [0.1, 0.15) is 11.9 Å². The Morgan fingerprint density at radius 3 is 3.11 bits per heavy atom. The van der Waals surface area contributed by atoms with Gasteiger partial charge in [0.15, 0.2) is 0 Å². The second kappa shape index (κ2) is 5.67. The fraction of sp³-hybridized carbons (Fsp3) is 0.583. The number of carbonyl (C=O) groups is 1. The second-order valence-electron chi connectivity index (χ2n) is 4.48. The molecule has 6 heteroatoms. The molecule has 2 unspecified atom stereocenters. The zero-order valence-corrected chi connectivity index (χ0v) is 11.4. The summed E-state index contributed by atoms with van der Waals surface area (Å²) in [6, 6.07) is 0.431. The first-order chi connectivity index (χ1) is 8.59. The van der Waals surface area contributed by atoms with Crippen molar-refractivity contribution in [2.75, 3.05) is 12.3 Å². The number of nitrogens with zero attached hydrogens (tertiary/aromatic N) is 3. The standard InChI is InChI=1S/C12H17N3O2S/c1-8-9(2)18-4-3-15(8)6-11-10(12(16)17)5-13-7-14-11/h5,7-9H,3-4,6H2,1-2H3,(H,16,17). The third-order valence-electron chi connectivity index (χ3n) is 3.39. The Bertz CT molecular complexity index is 441. The molecule has 2 rings (SSSR count). The van der Waals surface area contributed by atoms with Crippen LogP contribution in [0.5, 0.6) is 0 Å². The molecule has 0 spiro atoms. The number of rotatable bonds is 3. The molecule has 1 aromatic rings. The van der Waals surface area contributed by atoms with Gasteiger partial charge in [0.05, 0.1) is 5.69 Å². The van der Waals surface area contributed by atoms with Crippen molar-refractivity contribution in [3.05, 3.63) is 23.8 Å². The van der Waals surface area contributed by atoms with E-state index >= 15 is 0 Å². The van der Waals surface area contributed by atoms with E-state index in [4.69, 9.17) is 5.11 Å². The first-order valence-electron chi connectivity index (χ1n) is 5.97. The summed E-state index contributed by atoms with van der Waals surface area (Å²) in [7, 11) is 0. The molecule has 1 fully saturated rings. The zero-order valence-electron chi connectivity index (χ0n) is 10.5. The summed E-state index contributed by atoms with van der Waals surface area (Å²) in [5.41, 5.74) is 0.805. The van der Waals surface area contributed by atoms with Gasteiger partial charge in [-0.25, -0.2) is 14.8 Å². The first kappa shape index (κ1) is 13.3. The van der Waals surface area contributed by atoms with Gasteiger partial charge in [0.2, 0.25) is 0 Å². The van der Waals surface area contributed by atoms with E-state index in [2.05, 4.69) is 28.7 Å². The number of carboxylic acids is 1. The van der Waals surface area contributed by atoms with Crippen molar-refractivity contribution in [3.8, 4) is 0 Å². The van der Waals surface area contributed by atoms with Crippen LogP contribution in [0, 0.1) is 0 Å². The highest BCUT2D eigenvalue weighted by atomic mass is 32.2. The van der Waals surface area contributed by atoms with E-state index in [0.717, 1.165) is 12.3 Å². The molecule has 0 saturated carbocycles. The number of thioether (sulfide) groups is 1. The van der Waals surface area contributed by atoms with Crippen LogP contribution < -0.4 is 0 Å². The van der Waals surface area contributed by atoms with Gasteiger partial charge in [-0.15, -0.1) is 0 Å². The lowest BCUT2D eigenvalue weighted by molar-refractivity contribution is 0.0692. The van der Waals surface area contributed by atoms with Crippen LogP contribution in [0.25, 0.3) is 0 Å². The minimum atomic E-state index is -0.960. The fourth-order valence-corrected chi connectivity index (χ4v) is 3.23. The maximum absolute atomic E-state index is 11.1. The molecule has 1 aromatic heterocycles. The summed E-state index contributed by atoms with van der Waals surface area (Å²) >= 11 is 1.96. The van der Waals surface area contributed by atoms with E-state index in [1.54, 1.807) is 0 Å². The van der Waals surface area contributed by atoms with Crippen molar-refractivity contribution in [1.29, 1.82) is 0 Å². The molecular weight excluding hydrogens is 250 g/mol. The van der Waals surface area contributed by atoms with Gasteiger partial charge in [-0.05, 0) is 6.92 Å².